The summed E-state index contributed by atoms with van der Waals surface area (Å²) in [6, 6.07) is 0.523. The molecule has 1 N–H and O–H groups in total. The molecule has 5 heteroatoms. The van der Waals surface area contributed by atoms with Crippen molar-refractivity contribution in [1.82, 2.24) is 14.9 Å². The molecule has 1 saturated heterocycles. The monoisotopic (exact) mass is 222 g/mol. The summed E-state index contributed by atoms with van der Waals surface area (Å²) >= 11 is 0. The molecule has 0 radical (unpaired) electrons. The Bertz CT molecular complexity index is 340. The first-order valence-electron chi connectivity index (χ1n) is 5.57. The molecule has 1 aliphatic rings. The topological polar surface area (TPSA) is 52.5 Å². The number of piperazine rings is 1. The van der Waals surface area contributed by atoms with E-state index in [9.17, 15) is 0 Å². The molecule has 2 rings (SSSR count). The summed E-state index contributed by atoms with van der Waals surface area (Å²) in [4.78, 5) is 13.1. The maximum absolute atomic E-state index is 8.92. The van der Waals surface area contributed by atoms with Crippen LogP contribution in [0.1, 0.15) is 12.5 Å². The fraction of sp³-hybridized carbons (Fsp3) is 0.636. The van der Waals surface area contributed by atoms with E-state index in [1.807, 2.05) is 0 Å². The molecule has 1 unspecified atom stereocenters. The van der Waals surface area contributed by atoms with E-state index in [2.05, 4.69) is 33.7 Å². The van der Waals surface area contributed by atoms with Gasteiger partial charge >= 0.3 is 0 Å². The lowest BCUT2D eigenvalue weighted by Crippen LogP contribution is -2.50. The van der Waals surface area contributed by atoms with Crippen LogP contribution in [0.3, 0.4) is 0 Å². The van der Waals surface area contributed by atoms with Crippen LogP contribution in [-0.4, -0.2) is 52.7 Å². The van der Waals surface area contributed by atoms with Crippen LogP contribution in [0.2, 0.25) is 0 Å². The van der Waals surface area contributed by atoms with Crippen LogP contribution in [0.4, 0.5) is 5.95 Å². The summed E-state index contributed by atoms with van der Waals surface area (Å²) in [5, 5.41) is 8.92. The molecule has 0 amide bonds. The van der Waals surface area contributed by atoms with Crippen molar-refractivity contribution in [3.63, 3.8) is 0 Å². The van der Waals surface area contributed by atoms with E-state index >= 15 is 0 Å². The number of aliphatic hydroxyl groups is 1. The van der Waals surface area contributed by atoms with Crippen LogP contribution in [0, 0.1) is 0 Å². The lowest BCUT2D eigenvalue weighted by atomic mass is 10.2. The minimum atomic E-state index is -0.000575. The Labute approximate surface area is 95.7 Å². The van der Waals surface area contributed by atoms with Gasteiger partial charge in [-0.3, -0.25) is 0 Å². The molecule has 1 fully saturated rings. The molecule has 0 aliphatic carbocycles. The predicted molar refractivity (Wildman–Crippen MR) is 62.3 cm³/mol. The summed E-state index contributed by atoms with van der Waals surface area (Å²) in [7, 11) is 2.14. The van der Waals surface area contributed by atoms with Gasteiger partial charge in [0, 0.05) is 43.6 Å². The maximum Gasteiger partial charge on any atom is 0.225 e. The van der Waals surface area contributed by atoms with Crippen molar-refractivity contribution in [1.29, 1.82) is 0 Å². The van der Waals surface area contributed by atoms with Crippen LogP contribution in [0.5, 0.6) is 0 Å². The normalized spacial score (nSPS) is 22.4. The van der Waals surface area contributed by atoms with E-state index in [-0.39, 0.29) is 6.61 Å². The molecular weight excluding hydrogens is 204 g/mol. The Morgan fingerprint density at radius 2 is 2.06 bits per heavy atom. The van der Waals surface area contributed by atoms with Crippen molar-refractivity contribution >= 4 is 5.95 Å². The zero-order valence-electron chi connectivity index (χ0n) is 9.80. The van der Waals surface area contributed by atoms with Gasteiger partial charge in [0.25, 0.3) is 0 Å². The van der Waals surface area contributed by atoms with Crippen LogP contribution in [-0.2, 0) is 6.61 Å². The minimum absolute atomic E-state index is 0.000575. The molecule has 0 aromatic carbocycles. The highest BCUT2D eigenvalue weighted by molar-refractivity contribution is 5.31. The van der Waals surface area contributed by atoms with Crippen LogP contribution < -0.4 is 4.90 Å². The minimum Gasteiger partial charge on any atom is -0.392 e. The Morgan fingerprint density at radius 1 is 1.38 bits per heavy atom. The standard InChI is InChI=1S/C11H18N4O/c1-9-7-15(4-3-14(9)2)11-12-5-10(8-16)6-13-11/h5-6,9,16H,3-4,7-8H2,1-2H3. The Hall–Kier alpha value is -1.20. The first-order chi connectivity index (χ1) is 7.70. The SMILES string of the molecule is CC1CN(c2ncc(CO)cn2)CCN1C. The van der Waals surface area contributed by atoms with E-state index in [0.29, 0.717) is 6.04 Å². The van der Waals surface area contributed by atoms with Gasteiger partial charge in [0.15, 0.2) is 0 Å². The first-order valence-corrected chi connectivity index (χ1v) is 5.57. The van der Waals surface area contributed by atoms with Crippen LogP contribution in [0.25, 0.3) is 0 Å². The second-order valence-corrected chi connectivity index (χ2v) is 4.33. The van der Waals surface area contributed by atoms with Gasteiger partial charge in [-0.05, 0) is 14.0 Å². The number of aromatic nitrogens is 2. The smallest absolute Gasteiger partial charge is 0.225 e. The number of hydrogen-bond acceptors (Lipinski definition) is 5. The van der Waals surface area contributed by atoms with Gasteiger partial charge in [0.1, 0.15) is 0 Å². The fourth-order valence-corrected chi connectivity index (χ4v) is 1.82. The number of anilines is 1. The van der Waals surface area contributed by atoms with E-state index in [1.165, 1.54) is 0 Å². The first kappa shape index (κ1) is 11.3. The molecule has 0 saturated carbocycles. The molecular formula is C11H18N4O. The Morgan fingerprint density at radius 3 is 2.62 bits per heavy atom. The molecule has 1 aliphatic heterocycles. The second-order valence-electron chi connectivity index (χ2n) is 4.33. The summed E-state index contributed by atoms with van der Waals surface area (Å²) in [5.41, 5.74) is 0.755. The molecule has 1 aromatic rings. The average Bonchev–Trinajstić information content (AvgIpc) is 2.33. The molecule has 1 aromatic heterocycles. The van der Waals surface area contributed by atoms with Crippen molar-refractivity contribution in [2.24, 2.45) is 0 Å². The van der Waals surface area contributed by atoms with Gasteiger partial charge in [-0.25, -0.2) is 9.97 Å². The third kappa shape index (κ3) is 2.31. The zero-order valence-corrected chi connectivity index (χ0v) is 9.80. The summed E-state index contributed by atoms with van der Waals surface area (Å²) in [6.07, 6.45) is 3.37. The average molecular weight is 222 g/mol. The molecule has 16 heavy (non-hydrogen) atoms. The number of rotatable bonds is 2. The summed E-state index contributed by atoms with van der Waals surface area (Å²) < 4.78 is 0. The van der Waals surface area contributed by atoms with Crippen molar-refractivity contribution < 1.29 is 5.11 Å². The molecule has 5 nitrogen and oxygen atoms in total. The number of nitrogens with zero attached hydrogens (tertiary/aromatic N) is 4. The van der Waals surface area contributed by atoms with Crippen LogP contribution >= 0.6 is 0 Å². The van der Waals surface area contributed by atoms with Gasteiger partial charge in [0.2, 0.25) is 5.95 Å². The highest BCUT2D eigenvalue weighted by atomic mass is 16.3. The Balaban J connectivity index is 2.06. The summed E-state index contributed by atoms with van der Waals surface area (Å²) in [6.45, 7) is 5.15. The van der Waals surface area contributed by atoms with Gasteiger partial charge in [-0.15, -0.1) is 0 Å². The maximum atomic E-state index is 8.92. The van der Waals surface area contributed by atoms with Crippen molar-refractivity contribution in [3.05, 3.63) is 18.0 Å². The van der Waals surface area contributed by atoms with Gasteiger partial charge in [0.05, 0.1) is 6.61 Å². The second kappa shape index (κ2) is 4.76. The van der Waals surface area contributed by atoms with E-state index < -0.39 is 0 Å². The van der Waals surface area contributed by atoms with E-state index in [1.54, 1.807) is 12.4 Å². The third-order valence-electron chi connectivity index (χ3n) is 3.12. The van der Waals surface area contributed by atoms with Gasteiger partial charge in [-0.1, -0.05) is 0 Å². The number of aliphatic hydroxyl groups excluding tert-OH is 1. The molecule has 2 heterocycles. The highest BCUT2D eigenvalue weighted by Crippen LogP contribution is 2.13. The molecule has 88 valence electrons. The van der Waals surface area contributed by atoms with E-state index in [0.717, 1.165) is 31.1 Å². The lowest BCUT2D eigenvalue weighted by molar-refractivity contribution is 0.232. The fourth-order valence-electron chi connectivity index (χ4n) is 1.82. The van der Waals surface area contributed by atoms with E-state index in [4.69, 9.17) is 5.11 Å². The molecule has 1 atom stereocenters. The molecule has 0 spiro atoms. The largest absolute Gasteiger partial charge is 0.392 e. The zero-order chi connectivity index (χ0) is 11.5. The highest BCUT2D eigenvalue weighted by Gasteiger charge is 2.22. The van der Waals surface area contributed by atoms with Gasteiger partial charge in [-0.2, -0.15) is 0 Å². The van der Waals surface area contributed by atoms with Gasteiger partial charge < -0.3 is 14.9 Å². The Kier molecular flexibility index (Phi) is 3.36. The predicted octanol–water partition coefficient (Wildman–Crippen LogP) is 0.109. The van der Waals surface area contributed by atoms with Crippen molar-refractivity contribution in [3.8, 4) is 0 Å². The van der Waals surface area contributed by atoms with Crippen molar-refractivity contribution in [2.45, 2.75) is 19.6 Å². The lowest BCUT2D eigenvalue weighted by Gasteiger charge is -2.37. The summed E-state index contributed by atoms with van der Waals surface area (Å²) in [5.74, 6) is 0.761. The van der Waals surface area contributed by atoms with Crippen LogP contribution in [0.15, 0.2) is 12.4 Å². The molecule has 0 bridgehead atoms. The number of hydrogen-bond donors (Lipinski definition) is 1. The quantitative estimate of drug-likeness (QED) is 0.769. The third-order valence-corrected chi connectivity index (χ3v) is 3.12. The van der Waals surface area contributed by atoms with Crippen molar-refractivity contribution in [2.75, 3.05) is 31.6 Å². The number of likely N-dealkylation sites (N-methyl/N-ethyl adjacent to an activating group) is 1.